The molecule has 1 heterocycles. The number of anilines is 1. The second-order valence-corrected chi connectivity index (χ2v) is 10.7. The Morgan fingerprint density at radius 2 is 1.58 bits per heavy atom. The molecule has 0 aliphatic rings. The smallest absolute Gasteiger partial charge is 0.224 e. The maximum absolute atomic E-state index is 13.1. The highest BCUT2D eigenvalue weighted by atomic mass is 32.2. The van der Waals surface area contributed by atoms with Crippen LogP contribution in [-0.4, -0.2) is 29.1 Å². The third kappa shape index (κ3) is 7.57. The average molecular weight is 519 g/mol. The minimum atomic E-state index is -0.473. The number of nitrogens with zero attached hydrogens (tertiary/aromatic N) is 1. The van der Waals surface area contributed by atoms with Crippen molar-refractivity contribution < 1.29 is 9.59 Å². The van der Waals surface area contributed by atoms with Crippen molar-refractivity contribution in [3.05, 3.63) is 90.0 Å². The first-order valence-electron chi connectivity index (χ1n) is 12.0. The molecule has 4 rings (SSSR count). The number of thiazole rings is 1. The first kappa shape index (κ1) is 25.7. The van der Waals surface area contributed by atoms with E-state index in [-0.39, 0.29) is 18.2 Å². The molecule has 0 saturated heterocycles. The molecule has 6 nitrogen and oxygen atoms in total. The van der Waals surface area contributed by atoms with Crippen LogP contribution in [0.1, 0.15) is 24.5 Å². The van der Waals surface area contributed by atoms with Crippen molar-refractivity contribution >= 4 is 50.8 Å². The molecule has 0 spiro atoms. The monoisotopic (exact) mass is 518 g/mol. The molecule has 0 aliphatic heterocycles. The fraction of sp³-hybridized carbons (Fsp3) is 0.250. The Hall–Kier alpha value is -3.36. The van der Waals surface area contributed by atoms with E-state index in [0.29, 0.717) is 18.8 Å². The lowest BCUT2D eigenvalue weighted by atomic mass is 10.1. The summed E-state index contributed by atoms with van der Waals surface area (Å²) < 4.78 is 1.99. The van der Waals surface area contributed by atoms with Crippen molar-refractivity contribution in [3.8, 4) is 0 Å². The number of fused-ring (bicyclic) bond motifs is 1. The van der Waals surface area contributed by atoms with Gasteiger partial charge in [-0.15, -0.1) is 11.3 Å². The highest BCUT2D eigenvalue weighted by Crippen LogP contribution is 2.32. The van der Waals surface area contributed by atoms with E-state index in [1.54, 1.807) is 11.3 Å². The summed E-state index contributed by atoms with van der Waals surface area (Å²) >= 11 is 3.13. The Labute approximate surface area is 219 Å². The third-order valence-corrected chi connectivity index (χ3v) is 7.94. The molecule has 2 amide bonds. The number of carbonyl (C=O) groups excluding carboxylic acids is 2. The molecular weight excluding hydrogens is 488 g/mol. The minimum absolute atomic E-state index is 0.121. The van der Waals surface area contributed by atoms with Crippen molar-refractivity contribution in [1.29, 1.82) is 0 Å². The molecule has 4 aromatic rings. The highest BCUT2D eigenvalue weighted by molar-refractivity contribution is 8.01. The van der Waals surface area contributed by atoms with Gasteiger partial charge in [0.25, 0.3) is 0 Å². The van der Waals surface area contributed by atoms with Gasteiger partial charge >= 0.3 is 0 Å². The van der Waals surface area contributed by atoms with Crippen molar-refractivity contribution in [3.63, 3.8) is 0 Å². The van der Waals surface area contributed by atoms with Gasteiger partial charge in [0.1, 0.15) is 0 Å². The van der Waals surface area contributed by atoms with Crippen LogP contribution < -0.4 is 16.0 Å². The molecule has 186 valence electrons. The van der Waals surface area contributed by atoms with Gasteiger partial charge < -0.3 is 16.0 Å². The van der Waals surface area contributed by atoms with E-state index >= 15 is 0 Å². The Morgan fingerprint density at radius 1 is 0.917 bits per heavy atom. The number of thioether (sulfide) groups is 1. The Morgan fingerprint density at radius 3 is 2.25 bits per heavy atom. The lowest BCUT2D eigenvalue weighted by Crippen LogP contribution is -2.35. The first-order chi connectivity index (χ1) is 17.6. The number of hydrogen-bond acceptors (Lipinski definition) is 6. The lowest BCUT2D eigenvalue weighted by molar-refractivity contribution is -0.129. The average Bonchev–Trinajstić information content (AvgIpc) is 3.32. The second kappa shape index (κ2) is 13.1. The zero-order chi connectivity index (χ0) is 25.2. The van der Waals surface area contributed by atoms with Crippen molar-refractivity contribution in [2.24, 2.45) is 5.92 Å². The third-order valence-electron chi connectivity index (χ3n) is 5.60. The van der Waals surface area contributed by atoms with Gasteiger partial charge in [0.2, 0.25) is 11.8 Å². The number of nitrogens with one attached hydrogen (secondary N) is 3. The summed E-state index contributed by atoms with van der Waals surface area (Å²) in [5.41, 5.74) is 4.02. The summed E-state index contributed by atoms with van der Waals surface area (Å²) in [5, 5.41) is 9.26. The SMILES string of the molecule is CCNc1ccc2sc(SCC(CC(=O)NCc3ccccc3)C(=O)NCc3ccccc3)nc2c1. The van der Waals surface area contributed by atoms with E-state index < -0.39 is 5.92 Å². The van der Waals surface area contributed by atoms with Gasteiger partial charge in [-0.05, 0) is 36.2 Å². The number of rotatable bonds is 12. The van der Waals surface area contributed by atoms with Gasteiger partial charge in [-0.2, -0.15) is 0 Å². The number of hydrogen-bond donors (Lipinski definition) is 3. The maximum Gasteiger partial charge on any atom is 0.224 e. The summed E-state index contributed by atoms with van der Waals surface area (Å²) in [6.07, 6.45) is 0.121. The van der Waals surface area contributed by atoms with Gasteiger partial charge in [-0.3, -0.25) is 9.59 Å². The normalized spacial score (nSPS) is 11.7. The maximum atomic E-state index is 13.1. The van der Waals surface area contributed by atoms with Crippen molar-refractivity contribution in [2.75, 3.05) is 17.6 Å². The van der Waals surface area contributed by atoms with E-state index in [0.717, 1.165) is 37.9 Å². The summed E-state index contributed by atoms with van der Waals surface area (Å²) in [4.78, 5) is 30.6. The van der Waals surface area contributed by atoms with Gasteiger partial charge in [0.15, 0.2) is 4.34 Å². The Bertz CT molecular complexity index is 1280. The fourth-order valence-corrected chi connectivity index (χ4v) is 5.87. The van der Waals surface area contributed by atoms with Gasteiger partial charge in [-0.1, -0.05) is 72.4 Å². The Balaban J connectivity index is 1.40. The van der Waals surface area contributed by atoms with Crippen LogP contribution in [0.5, 0.6) is 0 Å². The molecular formula is C28H30N4O2S2. The molecule has 1 unspecified atom stereocenters. The highest BCUT2D eigenvalue weighted by Gasteiger charge is 2.23. The number of benzene rings is 3. The van der Waals surface area contributed by atoms with E-state index in [4.69, 9.17) is 4.98 Å². The molecule has 0 bridgehead atoms. The van der Waals surface area contributed by atoms with Crippen LogP contribution in [0.4, 0.5) is 5.69 Å². The van der Waals surface area contributed by atoms with E-state index in [1.807, 2.05) is 66.7 Å². The number of aromatic nitrogens is 1. The molecule has 1 aromatic heterocycles. The molecule has 3 N–H and O–H groups in total. The van der Waals surface area contributed by atoms with Crippen LogP contribution in [0.2, 0.25) is 0 Å². The standard InChI is InChI=1S/C28H30N4O2S2/c1-2-29-23-13-14-25-24(16-23)32-28(36-25)35-19-22(27(34)31-18-21-11-7-4-8-12-21)15-26(33)30-17-20-9-5-3-6-10-20/h3-14,16,22,29H,2,15,17-19H2,1H3,(H,30,33)(H,31,34). The molecule has 0 radical (unpaired) electrons. The number of carbonyl (C=O) groups is 2. The van der Waals surface area contributed by atoms with Crippen LogP contribution in [0.25, 0.3) is 10.2 Å². The quantitative estimate of drug-likeness (QED) is 0.217. The van der Waals surface area contributed by atoms with E-state index in [1.165, 1.54) is 11.8 Å². The van der Waals surface area contributed by atoms with Crippen LogP contribution in [-0.2, 0) is 22.7 Å². The molecule has 0 aliphatic carbocycles. The molecule has 0 fully saturated rings. The summed E-state index contributed by atoms with van der Waals surface area (Å²) in [5.74, 6) is -0.270. The van der Waals surface area contributed by atoms with E-state index in [2.05, 4.69) is 35.0 Å². The molecule has 0 saturated carbocycles. The topological polar surface area (TPSA) is 83.1 Å². The lowest BCUT2D eigenvalue weighted by Gasteiger charge is -2.16. The molecule has 1 atom stereocenters. The Kier molecular flexibility index (Phi) is 9.35. The largest absolute Gasteiger partial charge is 0.385 e. The zero-order valence-corrected chi connectivity index (χ0v) is 21.8. The molecule has 3 aromatic carbocycles. The van der Waals surface area contributed by atoms with Crippen LogP contribution in [0, 0.1) is 5.92 Å². The van der Waals surface area contributed by atoms with Crippen LogP contribution in [0.3, 0.4) is 0 Å². The zero-order valence-electron chi connectivity index (χ0n) is 20.2. The summed E-state index contributed by atoms with van der Waals surface area (Å²) in [6.45, 7) is 3.78. The first-order valence-corrected chi connectivity index (χ1v) is 13.8. The van der Waals surface area contributed by atoms with Crippen molar-refractivity contribution in [2.45, 2.75) is 30.8 Å². The predicted molar refractivity (Wildman–Crippen MR) is 149 cm³/mol. The number of amides is 2. The van der Waals surface area contributed by atoms with Gasteiger partial charge in [0, 0.05) is 37.5 Å². The second-order valence-electron chi connectivity index (χ2n) is 8.37. The van der Waals surface area contributed by atoms with Crippen molar-refractivity contribution in [1.82, 2.24) is 15.6 Å². The summed E-state index contributed by atoms with van der Waals surface area (Å²) in [7, 11) is 0. The van der Waals surface area contributed by atoms with E-state index in [9.17, 15) is 9.59 Å². The van der Waals surface area contributed by atoms with Gasteiger partial charge in [-0.25, -0.2) is 4.98 Å². The molecule has 8 heteroatoms. The minimum Gasteiger partial charge on any atom is -0.385 e. The molecule has 36 heavy (non-hydrogen) atoms. The van der Waals surface area contributed by atoms with Crippen LogP contribution >= 0.6 is 23.1 Å². The van der Waals surface area contributed by atoms with Crippen LogP contribution in [0.15, 0.2) is 83.2 Å². The fourth-order valence-electron chi connectivity index (χ4n) is 3.70. The summed E-state index contributed by atoms with van der Waals surface area (Å²) in [6, 6.07) is 25.7. The predicted octanol–water partition coefficient (Wildman–Crippen LogP) is 5.46. The van der Waals surface area contributed by atoms with Gasteiger partial charge in [0.05, 0.1) is 16.1 Å².